The molecule has 100 valence electrons. The molecule has 0 spiro atoms. The molecule has 2 aromatic heterocycles. The molecule has 0 aliphatic heterocycles. The average molecular weight is 325 g/mol. The predicted octanol–water partition coefficient (Wildman–Crippen LogP) is 5.38. The third-order valence-corrected chi connectivity index (χ3v) is 4.45. The van der Waals surface area contributed by atoms with Crippen molar-refractivity contribution in [3.05, 3.63) is 63.4 Å². The maximum atomic E-state index is 11.4. The molecule has 0 aliphatic rings. The van der Waals surface area contributed by atoms with Gasteiger partial charge in [-0.25, -0.2) is 0 Å². The highest BCUT2D eigenvalue weighted by Crippen LogP contribution is 2.39. The summed E-state index contributed by atoms with van der Waals surface area (Å²) in [5, 5.41) is 1.02. The van der Waals surface area contributed by atoms with Crippen molar-refractivity contribution in [2.75, 3.05) is 0 Å². The number of nitrogens with zero attached hydrogens (tertiary/aromatic N) is 1. The lowest BCUT2D eigenvalue weighted by Crippen LogP contribution is -1.92. The number of rotatable bonds is 2. The normalized spacial score (nSPS) is 10.9. The number of carbonyl (C=O) groups excluding carboxylic acids is 1. The van der Waals surface area contributed by atoms with Gasteiger partial charge >= 0.3 is 0 Å². The lowest BCUT2D eigenvalue weighted by Gasteiger charge is -2.06. The summed E-state index contributed by atoms with van der Waals surface area (Å²) in [5.41, 5.74) is 2.86. The first-order valence-electron chi connectivity index (χ1n) is 5.82. The van der Waals surface area contributed by atoms with Crippen molar-refractivity contribution in [2.45, 2.75) is 0 Å². The Morgan fingerprint density at radius 1 is 0.950 bits per heavy atom. The Kier molecular flexibility index (Phi) is 3.47. The number of hydrogen-bond donors (Lipinski definition) is 0. The van der Waals surface area contributed by atoms with Crippen LogP contribution in [0.3, 0.4) is 0 Å². The van der Waals surface area contributed by atoms with Crippen LogP contribution in [0.15, 0.2) is 42.6 Å². The predicted molar refractivity (Wildman–Crippen MR) is 83.3 cm³/mol. The monoisotopic (exact) mass is 323 g/mol. The van der Waals surface area contributed by atoms with Crippen molar-refractivity contribution in [1.29, 1.82) is 0 Å². The smallest absolute Gasteiger partial charge is 0.167 e. The summed E-state index contributed by atoms with van der Waals surface area (Å²) in [6.45, 7) is 0. The molecule has 0 aliphatic carbocycles. The molecule has 0 amide bonds. The second kappa shape index (κ2) is 5.13. The first kappa shape index (κ1) is 13.5. The first-order valence-corrected chi connectivity index (χ1v) is 6.96. The van der Waals surface area contributed by atoms with Crippen molar-refractivity contribution in [3.8, 4) is 11.1 Å². The fraction of sp³-hybridized carbons (Fsp3) is 0. The molecule has 3 aromatic rings. The van der Waals surface area contributed by atoms with Gasteiger partial charge in [0.2, 0.25) is 0 Å². The molecule has 0 saturated heterocycles. The summed E-state index contributed by atoms with van der Waals surface area (Å²) in [6.07, 6.45) is 2.63. The van der Waals surface area contributed by atoms with Gasteiger partial charge in [-0.3, -0.25) is 4.79 Å². The third-order valence-electron chi connectivity index (χ3n) is 3.16. The quantitative estimate of drug-likeness (QED) is 0.458. The van der Waals surface area contributed by atoms with Gasteiger partial charge in [0.1, 0.15) is 0 Å². The minimum atomic E-state index is 0.290. The van der Waals surface area contributed by atoms with Gasteiger partial charge < -0.3 is 4.40 Å². The van der Waals surface area contributed by atoms with Crippen LogP contribution in [0.4, 0.5) is 0 Å². The Balaban J connectivity index is 2.35. The molecule has 2 nitrogen and oxygen atoms in total. The van der Waals surface area contributed by atoms with E-state index in [1.807, 2.05) is 30.5 Å². The van der Waals surface area contributed by atoms with Crippen LogP contribution in [-0.2, 0) is 0 Å². The van der Waals surface area contributed by atoms with Crippen LogP contribution in [0.25, 0.3) is 16.6 Å². The van der Waals surface area contributed by atoms with Gasteiger partial charge in [0.05, 0.1) is 20.8 Å². The first-order chi connectivity index (χ1) is 9.63. The standard InChI is InChI=1S/C15H8Cl3NO/c16-12-5-4-10(14(17)15(12)18)11-7-9-3-1-2-6-19(9)13(11)8-20/h1-8H. The molecule has 20 heavy (non-hydrogen) atoms. The average Bonchev–Trinajstić information content (AvgIpc) is 2.83. The van der Waals surface area contributed by atoms with Crippen molar-refractivity contribution in [1.82, 2.24) is 4.40 Å². The van der Waals surface area contributed by atoms with E-state index in [2.05, 4.69) is 0 Å². The zero-order chi connectivity index (χ0) is 14.3. The fourth-order valence-electron chi connectivity index (χ4n) is 2.21. The number of fused-ring (bicyclic) bond motifs is 1. The number of aromatic nitrogens is 1. The van der Waals surface area contributed by atoms with Crippen LogP contribution in [0.1, 0.15) is 10.5 Å². The van der Waals surface area contributed by atoms with E-state index in [0.29, 0.717) is 21.3 Å². The van der Waals surface area contributed by atoms with Crippen LogP contribution in [-0.4, -0.2) is 10.7 Å². The molecule has 0 saturated carbocycles. The minimum absolute atomic E-state index is 0.290. The molecule has 5 heteroatoms. The van der Waals surface area contributed by atoms with E-state index in [1.54, 1.807) is 16.5 Å². The van der Waals surface area contributed by atoms with Gasteiger partial charge in [-0.1, -0.05) is 46.9 Å². The Morgan fingerprint density at radius 2 is 1.75 bits per heavy atom. The van der Waals surface area contributed by atoms with Gasteiger partial charge in [0.25, 0.3) is 0 Å². The van der Waals surface area contributed by atoms with Gasteiger partial charge in [0.15, 0.2) is 6.29 Å². The Bertz CT molecular complexity index is 823. The number of pyridine rings is 1. The molecule has 3 rings (SSSR count). The maximum absolute atomic E-state index is 11.4. The molecule has 2 heterocycles. The molecular formula is C15H8Cl3NO. The highest BCUT2D eigenvalue weighted by Gasteiger charge is 2.16. The van der Waals surface area contributed by atoms with Gasteiger partial charge in [-0.2, -0.15) is 0 Å². The minimum Gasteiger partial charge on any atom is -0.314 e. The molecule has 0 radical (unpaired) electrons. The summed E-state index contributed by atoms with van der Waals surface area (Å²) in [6, 6.07) is 11.0. The van der Waals surface area contributed by atoms with E-state index < -0.39 is 0 Å². The van der Waals surface area contributed by atoms with E-state index in [4.69, 9.17) is 34.8 Å². The third kappa shape index (κ3) is 2.01. The van der Waals surface area contributed by atoms with Crippen LogP contribution >= 0.6 is 34.8 Å². The number of hydrogen-bond acceptors (Lipinski definition) is 1. The summed E-state index contributed by atoms with van der Waals surface area (Å²) in [5.74, 6) is 0. The number of halogens is 3. The summed E-state index contributed by atoms with van der Waals surface area (Å²) in [4.78, 5) is 11.4. The van der Waals surface area contributed by atoms with E-state index in [0.717, 1.165) is 17.4 Å². The van der Waals surface area contributed by atoms with Crippen molar-refractivity contribution >= 4 is 46.6 Å². The second-order valence-corrected chi connectivity index (χ2v) is 5.44. The molecular weight excluding hydrogens is 317 g/mol. The van der Waals surface area contributed by atoms with Gasteiger partial charge in [0, 0.05) is 22.8 Å². The molecule has 0 bridgehead atoms. The highest BCUT2D eigenvalue weighted by molar-refractivity contribution is 6.49. The molecule has 0 atom stereocenters. The highest BCUT2D eigenvalue weighted by atomic mass is 35.5. The van der Waals surface area contributed by atoms with E-state index in [-0.39, 0.29) is 5.02 Å². The lowest BCUT2D eigenvalue weighted by atomic mass is 10.1. The lowest BCUT2D eigenvalue weighted by molar-refractivity contribution is 0.111. The molecule has 0 N–H and O–H groups in total. The van der Waals surface area contributed by atoms with Crippen molar-refractivity contribution in [2.24, 2.45) is 0 Å². The summed E-state index contributed by atoms with van der Waals surface area (Å²) >= 11 is 18.3. The Hall–Kier alpha value is -1.48. The second-order valence-electron chi connectivity index (χ2n) is 4.28. The van der Waals surface area contributed by atoms with Gasteiger partial charge in [-0.05, 0) is 24.3 Å². The van der Waals surface area contributed by atoms with Crippen molar-refractivity contribution in [3.63, 3.8) is 0 Å². The van der Waals surface area contributed by atoms with Crippen molar-refractivity contribution < 1.29 is 4.79 Å². The van der Waals surface area contributed by atoms with Crippen LogP contribution in [0, 0.1) is 0 Å². The molecule has 0 fully saturated rings. The number of aldehydes is 1. The van der Waals surface area contributed by atoms with Gasteiger partial charge in [-0.15, -0.1) is 0 Å². The van der Waals surface area contributed by atoms with Crippen LogP contribution in [0.5, 0.6) is 0 Å². The van der Waals surface area contributed by atoms with E-state index >= 15 is 0 Å². The maximum Gasteiger partial charge on any atom is 0.167 e. The summed E-state index contributed by atoms with van der Waals surface area (Å²) in [7, 11) is 0. The Labute approximate surface area is 130 Å². The van der Waals surface area contributed by atoms with E-state index in [1.165, 1.54) is 0 Å². The fourth-order valence-corrected chi connectivity index (χ4v) is 2.85. The zero-order valence-corrected chi connectivity index (χ0v) is 12.4. The molecule has 0 unspecified atom stereocenters. The zero-order valence-electron chi connectivity index (χ0n) is 10.1. The topological polar surface area (TPSA) is 21.5 Å². The largest absolute Gasteiger partial charge is 0.314 e. The van der Waals surface area contributed by atoms with Crippen LogP contribution < -0.4 is 0 Å². The summed E-state index contributed by atoms with van der Waals surface area (Å²) < 4.78 is 1.81. The van der Waals surface area contributed by atoms with E-state index in [9.17, 15) is 4.79 Å². The number of benzene rings is 1. The van der Waals surface area contributed by atoms with Crippen LogP contribution in [0.2, 0.25) is 15.1 Å². The molecule has 1 aromatic carbocycles. The SMILES string of the molecule is O=Cc1c(-c2ccc(Cl)c(Cl)c2Cl)cc2ccccn12. The Morgan fingerprint density at radius 3 is 2.50 bits per heavy atom. The number of carbonyl (C=O) groups is 1.